The summed E-state index contributed by atoms with van der Waals surface area (Å²) in [7, 11) is 0. The van der Waals surface area contributed by atoms with Crippen molar-refractivity contribution in [3.63, 3.8) is 0 Å². The quantitative estimate of drug-likeness (QED) is 0.512. The van der Waals surface area contributed by atoms with E-state index in [1.807, 2.05) is 0 Å². The van der Waals surface area contributed by atoms with Crippen LogP contribution in [0.25, 0.3) is 11.4 Å². The Morgan fingerprint density at radius 3 is 2.63 bits per heavy atom. The fourth-order valence-corrected chi connectivity index (χ4v) is 3.32. The third kappa shape index (κ3) is 4.26. The fourth-order valence-electron chi connectivity index (χ4n) is 2.77. The van der Waals surface area contributed by atoms with Gasteiger partial charge in [0, 0.05) is 28.0 Å². The molecular weight excluding hydrogens is 409 g/mol. The van der Waals surface area contributed by atoms with Crippen LogP contribution in [0.3, 0.4) is 0 Å². The van der Waals surface area contributed by atoms with Gasteiger partial charge in [0.25, 0.3) is 0 Å². The van der Waals surface area contributed by atoms with Crippen LogP contribution in [0, 0.1) is 6.92 Å². The summed E-state index contributed by atoms with van der Waals surface area (Å²) in [6.45, 7) is 4.05. The van der Waals surface area contributed by atoms with Gasteiger partial charge in [0.05, 0.1) is 23.9 Å². The topological polar surface area (TPSA) is 57.0 Å². The number of halogens is 3. The summed E-state index contributed by atoms with van der Waals surface area (Å²) >= 11 is 18.5. The number of benzene rings is 1. The first-order valence-corrected chi connectivity index (χ1v) is 9.33. The van der Waals surface area contributed by atoms with Crippen LogP contribution in [0.15, 0.2) is 36.7 Å². The second-order valence-corrected chi connectivity index (χ2v) is 7.08. The van der Waals surface area contributed by atoms with E-state index >= 15 is 0 Å². The predicted octanol–water partition coefficient (Wildman–Crippen LogP) is 5.44. The molecule has 0 unspecified atom stereocenters. The van der Waals surface area contributed by atoms with E-state index in [9.17, 15) is 4.79 Å². The number of carbonyl (C=O) groups excluding carboxylic acids is 1. The first kappa shape index (κ1) is 19.7. The summed E-state index contributed by atoms with van der Waals surface area (Å²) in [6, 6.07) is 6.92. The molecule has 2 heterocycles. The van der Waals surface area contributed by atoms with E-state index < -0.39 is 5.97 Å². The third-order valence-corrected chi connectivity index (χ3v) is 4.72. The summed E-state index contributed by atoms with van der Waals surface area (Å²) in [4.78, 5) is 21.2. The Morgan fingerprint density at radius 1 is 1.15 bits per heavy atom. The zero-order valence-corrected chi connectivity index (χ0v) is 16.9. The lowest BCUT2D eigenvalue weighted by Gasteiger charge is -2.13. The number of hydrogen-bond acceptors (Lipinski definition) is 4. The van der Waals surface area contributed by atoms with Gasteiger partial charge < -0.3 is 9.30 Å². The first-order chi connectivity index (χ1) is 12.9. The van der Waals surface area contributed by atoms with Gasteiger partial charge in [-0.3, -0.25) is 4.98 Å². The van der Waals surface area contributed by atoms with Gasteiger partial charge in [-0.05, 0) is 43.7 Å². The van der Waals surface area contributed by atoms with Crippen molar-refractivity contribution < 1.29 is 9.53 Å². The average molecular weight is 425 g/mol. The highest BCUT2D eigenvalue weighted by atomic mass is 35.5. The highest BCUT2D eigenvalue weighted by molar-refractivity contribution is 6.33. The fraction of sp³-hybridized carbons (Fsp3) is 0.211. The lowest BCUT2D eigenvalue weighted by atomic mass is 10.2. The predicted molar refractivity (Wildman–Crippen MR) is 107 cm³/mol. The lowest BCUT2D eigenvalue weighted by Crippen LogP contribution is -2.15. The summed E-state index contributed by atoms with van der Waals surface area (Å²) in [5.41, 5.74) is 2.33. The molecule has 27 heavy (non-hydrogen) atoms. The van der Waals surface area contributed by atoms with Crippen molar-refractivity contribution in [3.05, 3.63) is 68.7 Å². The number of aryl methyl sites for hydroxylation is 1. The molecule has 0 bridgehead atoms. The van der Waals surface area contributed by atoms with Gasteiger partial charge in [-0.2, -0.15) is 0 Å². The number of esters is 1. The molecule has 0 saturated carbocycles. The lowest BCUT2D eigenvalue weighted by molar-refractivity contribution is 0.0513. The molecule has 0 N–H and O–H groups in total. The Hall–Kier alpha value is -2.08. The molecule has 0 aliphatic rings. The van der Waals surface area contributed by atoms with E-state index in [1.165, 1.54) is 6.20 Å². The van der Waals surface area contributed by atoms with Crippen molar-refractivity contribution in [2.45, 2.75) is 20.4 Å². The van der Waals surface area contributed by atoms with Gasteiger partial charge in [-0.15, -0.1) is 0 Å². The van der Waals surface area contributed by atoms with E-state index in [-0.39, 0.29) is 13.2 Å². The first-order valence-electron chi connectivity index (χ1n) is 8.19. The maximum absolute atomic E-state index is 12.6. The molecule has 0 atom stereocenters. The van der Waals surface area contributed by atoms with Crippen molar-refractivity contribution in [3.8, 4) is 11.4 Å². The van der Waals surface area contributed by atoms with Gasteiger partial charge in [0.1, 0.15) is 5.82 Å². The number of aromatic nitrogens is 3. The van der Waals surface area contributed by atoms with Gasteiger partial charge in [0.15, 0.2) is 5.69 Å². The molecular formula is C19H16Cl3N3O2. The third-order valence-electron chi connectivity index (χ3n) is 3.91. The smallest absolute Gasteiger partial charge is 0.356 e. The van der Waals surface area contributed by atoms with E-state index in [2.05, 4.69) is 9.97 Å². The maximum Gasteiger partial charge on any atom is 0.356 e. The van der Waals surface area contributed by atoms with E-state index in [0.29, 0.717) is 37.8 Å². The Balaban J connectivity index is 2.18. The van der Waals surface area contributed by atoms with Crippen LogP contribution < -0.4 is 0 Å². The monoisotopic (exact) mass is 423 g/mol. The summed E-state index contributed by atoms with van der Waals surface area (Å²) in [6.07, 6.45) is 3.17. The minimum absolute atomic E-state index is 0.259. The summed E-state index contributed by atoms with van der Waals surface area (Å²) in [5, 5.41) is 1.56. The summed E-state index contributed by atoms with van der Waals surface area (Å²) in [5.74, 6) is 0.0866. The van der Waals surface area contributed by atoms with Crippen LogP contribution in [0.4, 0.5) is 0 Å². The van der Waals surface area contributed by atoms with E-state index in [4.69, 9.17) is 39.5 Å². The van der Waals surface area contributed by atoms with E-state index in [0.717, 1.165) is 5.56 Å². The van der Waals surface area contributed by atoms with Crippen molar-refractivity contribution in [2.24, 2.45) is 0 Å². The second-order valence-electron chi connectivity index (χ2n) is 5.80. The normalized spacial score (nSPS) is 10.9. The Labute approximate surface area is 171 Å². The molecule has 0 radical (unpaired) electrons. The van der Waals surface area contributed by atoms with Crippen molar-refractivity contribution in [1.82, 2.24) is 14.5 Å². The highest BCUT2D eigenvalue weighted by Crippen LogP contribution is 2.28. The van der Waals surface area contributed by atoms with Crippen molar-refractivity contribution >= 4 is 40.8 Å². The van der Waals surface area contributed by atoms with Crippen molar-refractivity contribution in [1.29, 1.82) is 0 Å². The summed E-state index contributed by atoms with van der Waals surface area (Å²) < 4.78 is 6.96. The minimum Gasteiger partial charge on any atom is -0.461 e. The number of imidazole rings is 1. The molecule has 2 aromatic heterocycles. The molecule has 1 aromatic carbocycles. The molecule has 3 aromatic rings. The Kier molecular flexibility index (Phi) is 6.05. The van der Waals surface area contributed by atoms with Crippen LogP contribution in [0.2, 0.25) is 15.1 Å². The maximum atomic E-state index is 12.6. The molecule has 0 saturated heterocycles. The molecule has 0 aliphatic heterocycles. The second kappa shape index (κ2) is 8.30. The van der Waals surface area contributed by atoms with Crippen LogP contribution >= 0.6 is 34.8 Å². The standard InChI is InChI=1S/C19H16Cl3N3O2/c1-3-27-19(26)17-11(2)24-18(12-6-15(21)9-23-8-12)25(17)10-13-7-14(20)4-5-16(13)22/h4-9H,3,10H2,1-2H3. The number of ether oxygens (including phenoxy) is 1. The SMILES string of the molecule is CCOC(=O)c1c(C)nc(-c2cncc(Cl)c2)n1Cc1cc(Cl)ccc1Cl. The molecule has 5 nitrogen and oxygen atoms in total. The van der Waals surface area contributed by atoms with Crippen LogP contribution in [-0.2, 0) is 11.3 Å². The largest absolute Gasteiger partial charge is 0.461 e. The van der Waals surface area contributed by atoms with Crippen LogP contribution in [0.5, 0.6) is 0 Å². The number of hydrogen-bond donors (Lipinski definition) is 0. The van der Waals surface area contributed by atoms with Gasteiger partial charge in [-0.1, -0.05) is 34.8 Å². The number of carbonyl (C=O) groups is 1. The van der Waals surface area contributed by atoms with Gasteiger partial charge in [0.2, 0.25) is 0 Å². The Morgan fingerprint density at radius 2 is 1.93 bits per heavy atom. The zero-order valence-electron chi connectivity index (χ0n) is 14.7. The number of pyridine rings is 1. The Bertz CT molecular complexity index is 1000. The van der Waals surface area contributed by atoms with Gasteiger partial charge in [-0.25, -0.2) is 9.78 Å². The zero-order chi connectivity index (χ0) is 19.6. The average Bonchev–Trinajstić information content (AvgIpc) is 2.94. The highest BCUT2D eigenvalue weighted by Gasteiger charge is 2.23. The molecule has 0 aliphatic carbocycles. The molecule has 0 amide bonds. The van der Waals surface area contributed by atoms with Crippen molar-refractivity contribution in [2.75, 3.05) is 6.61 Å². The molecule has 140 valence electrons. The molecule has 8 heteroatoms. The van der Waals surface area contributed by atoms with Crippen LogP contribution in [0.1, 0.15) is 28.7 Å². The van der Waals surface area contributed by atoms with E-state index in [1.54, 1.807) is 48.9 Å². The molecule has 3 rings (SSSR count). The number of rotatable bonds is 5. The minimum atomic E-state index is -0.457. The molecule has 0 fully saturated rings. The van der Waals surface area contributed by atoms with Gasteiger partial charge >= 0.3 is 5.97 Å². The molecule has 0 spiro atoms. The number of nitrogens with zero attached hydrogens (tertiary/aromatic N) is 3. The van der Waals surface area contributed by atoms with Crippen LogP contribution in [-0.4, -0.2) is 27.1 Å².